The first-order valence-corrected chi connectivity index (χ1v) is 13.7. The number of carbonyl (C=O) groups is 3. The van der Waals surface area contributed by atoms with Crippen molar-refractivity contribution in [3.05, 3.63) is 61.7 Å². The zero-order valence-electron chi connectivity index (χ0n) is 22.2. The minimum Gasteiger partial charge on any atom is -0.490 e. The van der Waals surface area contributed by atoms with Gasteiger partial charge in [0.1, 0.15) is 12.4 Å². The number of aliphatic hydroxyl groups excluding tert-OH is 1. The molecule has 2 amide bonds. The van der Waals surface area contributed by atoms with Gasteiger partial charge in [-0.05, 0) is 81.1 Å². The number of ether oxygens (including phenoxy) is 4. The van der Waals surface area contributed by atoms with Gasteiger partial charge in [-0.15, -0.1) is 0 Å². The first kappa shape index (κ1) is 31.7. The lowest BCUT2D eigenvalue weighted by Crippen LogP contribution is -2.45. The Morgan fingerprint density at radius 3 is 2.49 bits per heavy atom. The molecule has 1 heterocycles. The number of allylic oxidation sites excluding steroid dienone is 1. The highest BCUT2D eigenvalue weighted by molar-refractivity contribution is 9.11. The molecule has 1 aliphatic rings. The van der Waals surface area contributed by atoms with Crippen LogP contribution in [0.5, 0.6) is 17.2 Å². The Bertz CT molecular complexity index is 1340. The Morgan fingerprint density at radius 2 is 1.85 bits per heavy atom. The topological polar surface area (TPSA) is 177 Å². The number of aliphatic hydroxyl groups is 1. The van der Waals surface area contributed by atoms with Crippen molar-refractivity contribution in [3.8, 4) is 17.2 Å². The highest BCUT2D eigenvalue weighted by atomic mass is 79.9. The van der Waals surface area contributed by atoms with E-state index in [9.17, 15) is 19.5 Å². The van der Waals surface area contributed by atoms with Gasteiger partial charge in [-0.25, -0.2) is 14.4 Å². The number of halogens is 2. The minimum absolute atomic E-state index is 0.192. The molecule has 0 unspecified atom stereocenters. The number of carboxylic acid groups (broad SMARTS) is 1. The van der Waals surface area contributed by atoms with Gasteiger partial charge in [0.15, 0.2) is 24.3 Å². The monoisotopic (exact) mass is 698 g/mol. The van der Waals surface area contributed by atoms with Crippen molar-refractivity contribution in [3.63, 3.8) is 0 Å². The highest BCUT2D eigenvalue weighted by Crippen LogP contribution is 2.36. The van der Waals surface area contributed by atoms with Gasteiger partial charge in [-0.1, -0.05) is 6.07 Å². The molecular formula is C26H28Br2N4O9. The smallest absolute Gasteiger partial charge is 0.341 e. The van der Waals surface area contributed by atoms with Gasteiger partial charge in [-0.3, -0.25) is 5.43 Å². The summed E-state index contributed by atoms with van der Waals surface area (Å²) in [5.74, 6) is -0.692. The molecule has 41 heavy (non-hydrogen) atoms. The molecule has 0 aliphatic carbocycles. The Balaban J connectivity index is 1.67. The van der Waals surface area contributed by atoms with Gasteiger partial charge in [-0.2, -0.15) is 5.10 Å². The third-order valence-electron chi connectivity index (χ3n) is 5.47. The van der Waals surface area contributed by atoms with Gasteiger partial charge in [0, 0.05) is 5.70 Å². The fourth-order valence-electron chi connectivity index (χ4n) is 3.75. The predicted molar refractivity (Wildman–Crippen MR) is 154 cm³/mol. The Labute approximate surface area is 252 Å². The van der Waals surface area contributed by atoms with Gasteiger partial charge in [0.2, 0.25) is 0 Å². The number of esters is 1. The number of nitrogens with one attached hydrogen (secondary N) is 3. The summed E-state index contributed by atoms with van der Waals surface area (Å²) in [5.41, 5.74) is 4.37. The van der Waals surface area contributed by atoms with Crippen molar-refractivity contribution in [2.75, 3.05) is 26.9 Å². The molecule has 0 fully saturated rings. The summed E-state index contributed by atoms with van der Waals surface area (Å²) in [6.45, 7) is 3.03. The number of rotatable bonds is 13. The fourth-order valence-corrected chi connectivity index (χ4v) is 5.20. The van der Waals surface area contributed by atoms with Crippen molar-refractivity contribution in [2.45, 2.75) is 26.1 Å². The Kier molecular flexibility index (Phi) is 11.4. The number of carboxylic acids is 1. The van der Waals surface area contributed by atoms with Crippen molar-refractivity contribution in [2.24, 2.45) is 5.10 Å². The summed E-state index contributed by atoms with van der Waals surface area (Å²) in [4.78, 5) is 35.2. The second kappa shape index (κ2) is 14.7. The third kappa shape index (κ3) is 8.58. The van der Waals surface area contributed by atoms with Crippen molar-refractivity contribution >= 4 is 56.0 Å². The summed E-state index contributed by atoms with van der Waals surface area (Å²) in [5, 5.41) is 28.4. The summed E-state index contributed by atoms with van der Waals surface area (Å²) in [6, 6.07) is 7.01. The number of carbonyl (C=O) groups excluding carboxylic acids is 2. The maximum Gasteiger partial charge on any atom is 0.341 e. The normalized spacial score (nSPS) is 15.6. The maximum absolute atomic E-state index is 12.4. The first-order valence-electron chi connectivity index (χ1n) is 12.1. The summed E-state index contributed by atoms with van der Waals surface area (Å²) < 4.78 is 22.6. The fraction of sp³-hybridized carbons (Fsp3) is 0.308. The molecule has 13 nitrogen and oxygen atoms in total. The first-order chi connectivity index (χ1) is 19.5. The molecule has 0 spiro atoms. The molecule has 2 aromatic carbocycles. The van der Waals surface area contributed by atoms with E-state index in [2.05, 4.69) is 53.0 Å². The number of hydrazone groups is 1. The van der Waals surface area contributed by atoms with E-state index in [4.69, 9.17) is 24.1 Å². The van der Waals surface area contributed by atoms with Crippen molar-refractivity contribution < 1.29 is 43.5 Å². The lowest BCUT2D eigenvalue weighted by atomic mass is 9.95. The zero-order valence-corrected chi connectivity index (χ0v) is 25.4. The summed E-state index contributed by atoms with van der Waals surface area (Å²) in [6.07, 6.45) is 0.257. The van der Waals surface area contributed by atoms with Crippen LogP contribution in [0, 0.1) is 0 Å². The van der Waals surface area contributed by atoms with E-state index in [1.165, 1.54) is 13.3 Å². The van der Waals surface area contributed by atoms with Crippen LogP contribution in [-0.4, -0.2) is 67.6 Å². The maximum atomic E-state index is 12.4. The highest BCUT2D eigenvalue weighted by Gasteiger charge is 2.32. The number of hydrogen-bond donors (Lipinski definition) is 5. The molecule has 0 saturated heterocycles. The SMILES string of the molecule is CCOc1cc([C@H]2NC(=O)NC(C)=C2C(=O)OC)ccc1OC[C@H](O)N/N=C\c1cc(Br)c(OCC(=O)O)c(Br)c1. The van der Waals surface area contributed by atoms with Crippen LogP contribution in [0.2, 0.25) is 0 Å². The number of hydrogen-bond acceptors (Lipinski definition) is 10. The van der Waals surface area contributed by atoms with Crippen LogP contribution in [-0.2, 0) is 14.3 Å². The molecule has 0 bridgehead atoms. The molecule has 2 atom stereocenters. The molecule has 5 N–H and O–H groups in total. The van der Waals surface area contributed by atoms with E-state index in [0.29, 0.717) is 49.6 Å². The van der Waals surface area contributed by atoms with Crippen LogP contribution in [0.3, 0.4) is 0 Å². The molecule has 2 aromatic rings. The number of benzene rings is 2. The predicted octanol–water partition coefficient (Wildman–Crippen LogP) is 3.20. The molecule has 1 aliphatic heterocycles. The van der Waals surface area contributed by atoms with Crippen LogP contribution in [0.1, 0.15) is 31.0 Å². The minimum atomic E-state index is -1.19. The van der Waals surface area contributed by atoms with E-state index < -0.39 is 36.8 Å². The van der Waals surface area contributed by atoms with Gasteiger partial charge in [0.25, 0.3) is 0 Å². The number of urea groups is 1. The van der Waals surface area contributed by atoms with Crippen LogP contribution in [0.15, 0.2) is 55.6 Å². The molecule has 0 saturated carbocycles. The number of aliphatic carboxylic acids is 1. The molecule has 3 rings (SSSR count). The van der Waals surface area contributed by atoms with Crippen LogP contribution in [0.25, 0.3) is 0 Å². The van der Waals surface area contributed by atoms with Crippen LogP contribution < -0.4 is 30.3 Å². The average molecular weight is 700 g/mol. The summed E-state index contributed by atoms with van der Waals surface area (Å²) in [7, 11) is 1.26. The number of nitrogens with zero attached hydrogens (tertiary/aromatic N) is 1. The Morgan fingerprint density at radius 1 is 1.15 bits per heavy atom. The molecular weight excluding hydrogens is 672 g/mol. The van der Waals surface area contributed by atoms with Crippen LogP contribution in [0.4, 0.5) is 4.79 Å². The molecule has 0 radical (unpaired) electrons. The number of methoxy groups -OCH3 is 1. The largest absolute Gasteiger partial charge is 0.490 e. The van der Waals surface area contributed by atoms with Crippen molar-refractivity contribution in [1.82, 2.24) is 16.1 Å². The second-order valence-electron chi connectivity index (χ2n) is 8.41. The zero-order chi connectivity index (χ0) is 30.1. The molecule has 0 aromatic heterocycles. The van der Waals surface area contributed by atoms with Crippen LogP contribution >= 0.6 is 31.9 Å². The lowest BCUT2D eigenvalue weighted by molar-refractivity contribution is -0.139. The van der Waals surface area contributed by atoms with Crippen molar-refractivity contribution in [1.29, 1.82) is 0 Å². The average Bonchev–Trinajstić information content (AvgIpc) is 2.91. The van der Waals surface area contributed by atoms with Gasteiger partial charge < -0.3 is 39.8 Å². The quantitative estimate of drug-likeness (QED) is 0.0903. The van der Waals surface area contributed by atoms with E-state index in [0.717, 1.165) is 0 Å². The second-order valence-corrected chi connectivity index (χ2v) is 10.1. The Hall–Kier alpha value is -3.82. The summed E-state index contributed by atoms with van der Waals surface area (Å²) >= 11 is 6.66. The van der Waals surface area contributed by atoms with E-state index in [1.807, 2.05) is 0 Å². The third-order valence-corrected chi connectivity index (χ3v) is 6.65. The molecule has 220 valence electrons. The number of amides is 2. The van der Waals surface area contributed by atoms with E-state index in [-0.39, 0.29) is 12.2 Å². The van der Waals surface area contributed by atoms with E-state index in [1.54, 1.807) is 44.2 Å². The standard InChI is InChI=1S/C26H28Br2N4O9/c1-4-39-19-9-15(23-22(25(36)38-3)13(2)30-26(37)31-23)5-6-18(19)40-11-20(33)32-29-10-14-7-16(27)24(17(28)8-14)41-12-21(34)35/h5-10,20,23,32-33H,4,11-12H2,1-3H3,(H,34,35)(H2,30,31,37)/b29-10-/t20-,23+/m0/s1. The molecule has 15 heteroatoms. The van der Waals surface area contributed by atoms with Gasteiger partial charge >= 0.3 is 18.0 Å². The lowest BCUT2D eigenvalue weighted by Gasteiger charge is -2.28. The van der Waals surface area contributed by atoms with E-state index >= 15 is 0 Å². The van der Waals surface area contributed by atoms with Gasteiger partial charge in [0.05, 0.1) is 40.5 Å².